The van der Waals surface area contributed by atoms with Crippen LogP contribution in [0.2, 0.25) is 19.6 Å². The third-order valence-corrected chi connectivity index (χ3v) is 11.0. The number of fused-ring (bicyclic) bond motifs is 3. The van der Waals surface area contributed by atoms with Crippen molar-refractivity contribution in [2.24, 2.45) is 5.92 Å². The van der Waals surface area contributed by atoms with E-state index < -0.39 is 8.07 Å². The predicted molar refractivity (Wildman–Crippen MR) is 171 cm³/mol. The van der Waals surface area contributed by atoms with Gasteiger partial charge in [-0.3, -0.25) is 6.08 Å². The molecule has 2 aliphatic carbocycles. The molecule has 3 aromatic carbocycles. The van der Waals surface area contributed by atoms with Gasteiger partial charge >= 0.3 is 59.5 Å². The van der Waals surface area contributed by atoms with E-state index >= 15 is 0 Å². The van der Waals surface area contributed by atoms with Gasteiger partial charge in [-0.25, -0.2) is 11.3 Å². The van der Waals surface area contributed by atoms with E-state index in [2.05, 4.69) is 129 Å². The molecule has 0 spiro atoms. The van der Waals surface area contributed by atoms with Crippen molar-refractivity contribution >= 4 is 32.8 Å². The molecule has 38 heavy (non-hydrogen) atoms. The molecule has 1 saturated carbocycles. The Morgan fingerprint density at radius 2 is 1.26 bits per heavy atom. The zero-order valence-electron chi connectivity index (χ0n) is 25.8. The molecule has 2 aliphatic rings. The Morgan fingerprint density at radius 1 is 0.789 bits per heavy atom. The maximum absolute atomic E-state index is 3.29. The Hall–Kier alpha value is -1.24. The summed E-state index contributed by atoms with van der Waals surface area (Å²) in [5.41, 5.74) is 3.20. The van der Waals surface area contributed by atoms with Crippen LogP contribution >= 0.6 is 0 Å². The van der Waals surface area contributed by atoms with E-state index in [1.807, 2.05) is 0 Å². The first-order valence-corrected chi connectivity index (χ1v) is 19.3. The zero-order chi connectivity index (χ0) is 28.3. The van der Waals surface area contributed by atoms with E-state index in [0.717, 1.165) is 0 Å². The molecule has 0 saturated heterocycles. The van der Waals surface area contributed by atoms with Crippen molar-refractivity contribution in [1.29, 1.82) is 0 Å². The first-order chi connectivity index (χ1) is 17.6. The van der Waals surface area contributed by atoms with Crippen molar-refractivity contribution in [3.63, 3.8) is 0 Å². The minimum absolute atomic E-state index is 0.194. The maximum atomic E-state index is 3.29. The molecule has 0 radical (unpaired) electrons. The summed E-state index contributed by atoms with van der Waals surface area (Å²) in [4.78, 5) is 0. The van der Waals surface area contributed by atoms with E-state index in [9.17, 15) is 0 Å². The fraction of sp³-hybridized carbons (Fsp3) is 0.500. The fourth-order valence-electron chi connectivity index (χ4n) is 4.96. The average molecular weight is 602 g/mol. The number of benzene rings is 2. The molecule has 2 heteroatoms. The van der Waals surface area contributed by atoms with E-state index in [1.54, 1.807) is 32.6 Å². The Balaban J connectivity index is 0.000000194. The van der Waals surface area contributed by atoms with Gasteiger partial charge in [0, 0.05) is 0 Å². The summed E-state index contributed by atoms with van der Waals surface area (Å²) in [6.45, 7) is 23.0. The van der Waals surface area contributed by atoms with Crippen molar-refractivity contribution in [2.75, 3.05) is 0 Å². The Labute approximate surface area is 249 Å². The first kappa shape index (κ1) is 31.3. The van der Waals surface area contributed by atoms with Crippen LogP contribution in [0, 0.1) is 12.0 Å². The Kier molecular flexibility index (Phi) is 10.3. The van der Waals surface area contributed by atoms with E-state index in [-0.39, 0.29) is 10.8 Å². The minimum atomic E-state index is -1.02. The van der Waals surface area contributed by atoms with Gasteiger partial charge in [-0.1, -0.05) is 109 Å². The van der Waals surface area contributed by atoms with Gasteiger partial charge < -0.3 is 0 Å². The van der Waals surface area contributed by atoms with Gasteiger partial charge in [0.25, 0.3) is 0 Å². The average Bonchev–Trinajstić information content (AvgIpc) is 3.42. The van der Waals surface area contributed by atoms with Gasteiger partial charge in [0.2, 0.25) is 0 Å². The van der Waals surface area contributed by atoms with Crippen LogP contribution < -0.4 is 0 Å². The standard InChI is InChI=1S/C21H25.C9H15Si.C6H10.Zr/c1-20(2,3)16-9-7-14-11-15-8-10-17(21(4,5)6)13-19(15)18(14)12-16;1-8-5-6-9(7-8)10(2,3)4;1-2-4-6-5-3-1;/h7-13H,1-6H3;6-8H,1-4H3;1-5H2;/q2*-1;;+2. The van der Waals surface area contributed by atoms with Gasteiger partial charge in [0.1, 0.15) is 0 Å². The van der Waals surface area contributed by atoms with Crippen molar-refractivity contribution in [3.05, 3.63) is 77.0 Å². The molecule has 3 aromatic rings. The number of hydrogen-bond acceptors (Lipinski definition) is 0. The molecule has 1 fully saturated rings. The second kappa shape index (κ2) is 12.5. The summed E-state index contributed by atoms with van der Waals surface area (Å²) in [7, 11) is -1.02. The van der Waals surface area contributed by atoms with E-state index in [0.29, 0.717) is 5.92 Å². The summed E-state index contributed by atoms with van der Waals surface area (Å²) < 4.78 is 1.80. The SMILES string of the molecule is CC(C)(C)c1ccc2[cH-]c3ccc(C(C)(C)C)cc3c2c1.CC1[C-]=CC([Si](C)(C)C)=C1.[Zr+2]=[C]1CCCCC1. The zero-order valence-corrected chi connectivity index (χ0v) is 29.3. The summed E-state index contributed by atoms with van der Waals surface area (Å²) in [5, 5.41) is 7.04. The number of allylic oxidation sites excluding steroid dienone is 4. The van der Waals surface area contributed by atoms with Crippen LogP contribution in [0.1, 0.15) is 91.7 Å². The van der Waals surface area contributed by atoms with Gasteiger partial charge in [-0.05, 0) is 18.9 Å². The third kappa shape index (κ3) is 8.63. The van der Waals surface area contributed by atoms with Crippen LogP contribution in [0.4, 0.5) is 0 Å². The molecule has 202 valence electrons. The van der Waals surface area contributed by atoms with Gasteiger partial charge in [0.15, 0.2) is 0 Å². The molecule has 0 nitrogen and oxygen atoms in total. The molecule has 0 aliphatic heterocycles. The van der Waals surface area contributed by atoms with E-state index in [4.69, 9.17) is 0 Å². The molecule has 0 heterocycles. The van der Waals surface area contributed by atoms with Crippen LogP contribution in [0.5, 0.6) is 0 Å². The molecule has 1 unspecified atom stereocenters. The molecule has 0 N–H and O–H groups in total. The second-order valence-corrected chi connectivity index (χ2v) is 21.2. The van der Waals surface area contributed by atoms with Crippen LogP contribution in [-0.2, 0) is 35.1 Å². The monoisotopic (exact) mass is 600 g/mol. The first-order valence-electron chi connectivity index (χ1n) is 14.6. The van der Waals surface area contributed by atoms with Gasteiger partial charge in [0.05, 0.1) is 0 Å². The Morgan fingerprint density at radius 3 is 1.55 bits per heavy atom. The second-order valence-electron chi connectivity index (χ2n) is 14.4. The van der Waals surface area contributed by atoms with Crippen molar-refractivity contribution in [2.45, 2.75) is 111 Å². The van der Waals surface area contributed by atoms with Gasteiger partial charge in [-0.15, -0.1) is 39.7 Å². The van der Waals surface area contributed by atoms with Crippen molar-refractivity contribution in [1.82, 2.24) is 0 Å². The molecule has 0 aromatic heterocycles. The summed E-state index contributed by atoms with van der Waals surface area (Å²) in [5.74, 6) is 0.557. The third-order valence-electron chi connectivity index (χ3n) is 7.69. The molecule has 1 atom stereocenters. The molecular weight excluding hydrogens is 552 g/mol. The molecule has 0 amide bonds. The number of rotatable bonds is 1. The van der Waals surface area contributed by atoms with Crippen molar-refractivity contribution < 1.29 is 24.2 Å². The normalized spacial score (nSPS) is 18.2. The van der Waals surface area contributed by atoms with Crippen LogP contribution in [-0.4, -0.2) is 11.3 Å². The van der Waals surface area contributed by atoms with E-state index in [1.165, 1.54) is 64.8 Å². The summed E-state index contributed by atoms with van der Waals surface area (Å²) >= 11 is 1.69. The molecular formula is C36H50SiZr. The molecule has 5 rings (SSSR count). The Bertz CT molecular complexity index is 1240. The van der Waals surface area contributed by atoms with Crippen LogP contribution in [0.15, 0.2) is 59.8 Å². The number of hydrogen-bond donors (Lipinski definition) is 0. The van der Waals surface area contributed by atoms with Crippen LogP contribution in [0.3, 0.4) is 0 Å². The summed E-state index contributed by atoms with van der Waals surface area (Å²) in [6.07, 6.45) is 15.1. The van der Waals surface area contributed by atoms with Crippen molar-refractivity contribution in [3.8, 4) is 0 Å². The van der Waals surface area contributed by atoms with Crippen LogP contribution in [0.25, 0.3) is 21.5 Å². The summed E-state index contributed by atoms with van der Waals surface area (Å²) in [6, 6.07) is 16.1. The van der Waals surface area contributed by atoms with Gasteiger partial charge in [-0.2, -0.15) is 6.08 Å². The topological polar surface area (TPSA) is 0 Å². The molecule has 0 bridgehead atoms. The quantitative estimate of drug-likeness (QED) is 0.192. The predicted octanol–water partition coefficient (Wildman–Crippen LogP) is 10.8. The fourth-order valence-corrected chi connectivity index (χ4v) is 7.10.